The fourth-order valence-electron chi connectivity index (χ4n) is 11.6. The SMILES string of the molecule is [2H]C([2H])([2H])n1cc(-c2ccnc(N3CCc4c(sc5c4CCCC5)C3=O)c2CO)cc(Nc2ccc(N3CCN([C@H]4CCN(c5ccc6c(c5)C(=O)N([C@H]5CCC(=O)NC5=O)C6=O)[C@H](C)C4)C[C@@H]3C)cn2)c1=O. The lowest BCUT2D eigenvalue weighted by Crippen LogP contribution is -2.58. The van der Waals surface area contributed by atoms with Gasteiger partial charge < -0.3 is 24.8 Å². The summed E-state index contributed by atoms with van der Waals surface area (Å²) in [5.74, 6) is -1.62. The number of aliphatic hydroxyl groups is 1. The molecule has 5 aromatic rings. The van der Waals surface area contributed by atoms with Gasteiger partial charge in [-0.2, -0.15) is 0 Å². The zero-order valence-electron chi connectivity index (χ0n) is 42.1. The Bertz CT molecular complexity index is 3160. The Kier molecular flexibility index (Phi) is 11.0. The molecule has 3 fully saturated rings. The van der Waals surface area contributed by atoms with Crippen molar-refractivity contribution in [3.05, 3.63) is 109 Å². The van der Waals surface area contributed by atoms with Crippen molar-refractivity contribution < 1.29 is 33.2 Å². The molecule has 9 heterocycles. The highest BCUT2D eigenvalue weighted by atomic mass is 32.1. The number of aromatic nitrogens is 3. The van der Waals surface area contributed by atoms with E-state index < -0.39 is 48.8 Å². The Labute approximate surface area is 413 Å². The van der Waals surface area contributed by atoms with Crippen molar-refractivity contribution in [1.29, 1.82) is 0 Å². The van der Waals surface area contributed by atoms with Gasteiger partial charge in [-0.15, -0.1) is 11.3 Å². The molecule has 0 unspecified atom stereocenters. The quantitative estimate of drug-likeness (QED) is 0.164. The standard InChI is InChI=1S/C52H56N10O7S/c1-29-22-32(15-18-59(29)33-8-10-38-39(24-33)50(67)62(49(38)66)42-11-13-45(64)56-48(42)65)58-20-21-60(30(2)26-58)34-9-12-44(54-25-34)55-41-23-31(27-57(3)51(41)68)35-14-17-53-47(40(35)28-63)61-19-16-37-36-6-4-5-7-43(36)70-46(37)52(61)69/h8-10,12,14,17,23-25,27,29-30,32,42,63H,4-7,11,13,15-16,18-22,26,28H2,1-3H3,(H,54,55)(H,56,64,65)/t29-,30+,32+,42+/m1/s1/i3D3. The third-order valence-electron chi connectivity index (χ3n) is 15.2. The Hall–Kier alpha value is -6.76. The molecule has 5 amide bonds. The fourth-order valence-corrected chi connectivity index (χ4v) is 13.0. The second-order valence-electron chi connectivity index (χ2n) is 19.3. The Morgan fingerprint density at radius 1 is 0.814 bits per heavy atom. The Morgan fingerprint density at radius 2 is 1.63 bits per heavy atom. The topological polar surface area (TPSA) is 194 Å². The zero-order chi connectivity index (χ0) is 51.0. The van der Waals surface area contributed by atoms with E-state index in [0.717, 1.165) is 91.4 Å². The van der Waals surface area contributed by atoms with Gasteiger partial charge in [0, 0.05) is 102 Å². The second-order valence-corrected chi connectivity index (χ2v) is 20.4. The molecular weight excluding hydrogens is 909 g/mol. The van der Waals surface area contributed by atoms with Gasteiger partial charge in [-0.3, -0.25) is 48.8 Å². The normalized spacial score (nSPS) is 23.6. The van der Waals surface area contributed by atoms with Gasteiger partial charge in [0.05, 0.1) is 34.5 Å². The lowest BCUT2D eigenvalue weighted by atomic mass is 9.92. The number of amides is 5. The van der Waals surface area contributed by atoms with Crippen LogP contribution in [0.1, 0.15) is 108 Å². The lowest BCUT2D eigenvalue weighted by molar-refractivity contribution is -0.136. The average Bonchev–Trinajstić information content (AvgIpc) is 3.88. The third-order valence-corrected chi connectivity index (χ3v) is 16.5. The average molecular weight is 968 g/mol. The minimum Gasteiger partial charge on any atom is -0.392 e. The number of nitrogens with zero attached hydrogens (tertiary/aromatic N) is 8. The van der Waals surface area contributed by atoms with E-state index in [0.29, 0.717) is 51.9 Å². The van der Waals surface area contributed by atoms with Crippen molar-refractivity contribution in [2.45, 2.75) is 102 Å². The fraction of sp³-hybridized carbons (Fsp3) is 0.423. The predicted octanol–water partition coefficient (Wildman–Crippen LogP) is 5.19. The molecule has 4 atom stereocenters. The smallest absolute Gasteiger partial charge is 0.274 e. The highest BCUT2D eigenvalue weighted by Gasteiger charge is 2.45. The molecule has 3 N–H and O–H groups in total. The molecule has 4 aromatic heterocycles. The van der Waals surface area contributed by atoms with Crippen molar-refractivity contribution in [2.24, 2.45) is 6.98 Å². The van der Waals surface area contributed by atoms with Crippen LogP contribution < -0.4 is 30.9 Å². The van der Waals surface area contributed by atoms with Gasteiger partial charge in [0.1, 0.15) is 23.4 Å². The summed E-state index contributed by atoms with van der Waals surface area (Å²) in [6.07, 6.45) is 11.3. The minimum absolute atomic E-state index is 0.0302. The number of imide groups is 2. The molecule has 11 rings (SSSR count). The molecular formula is C52H56N10O7S. The first kappa shape index (κ1) is 42.1. The molecule has 0 saturated carbocycles. The number of pyridine rings is 3. The Morgan fingerprint density at radius 3 is 2.40 bits per heavy atom. The van der Waals surface area contributed by atoms with Gasteiger partial charge in [-0.25, -0.2) is 9.97 Å². The van der Waals surface area contributed by atoms with E-state index >= 15 is 0 Å². The number of hydrogen-bond donors (Lipinski definition) is 3. The van der Waals surface area contributed by atoms with Crippen LogP contribution in [0.2, 0.25) is 0 Å². The van der Waals surface area contributed by atoms with Crippen molar-refractivity contribution in [3.63, 3.8) is 0 Å². The number of aryl methyl sites for hydroxylation is 2. The number of piperazine rings is 1. The third kappa shape index (κ3) is 7.95. The molecule has 0 spiro atoms. The molecule has 6 aliphatic rings. The van der Waals surface area contributed by atoms with Crippen molar-refractivity contribution >= 4 is 69.6 Å². The summed E-state index contributed by atoms with van der Waals surface area (Å²) in [6.45, 7) is 4.57. The van der Waals surface area contributed by atoms with Crippen LogP contribution in [0.3, 0.4) is 0 Å². The van der Waals surface area contributed by atoms with Crippen LogP contribution in [0.4, 0.5) is 28.7 Å². The van der Waals surface area contributed by atoms with Crippen LogP contribution in [0.15, 0.2) is 65.8 Å². The summed E-state index contributed by atoms with van der Waals surface area (Å²) >= 11 is 1.56. The van der Waals surface area contributed by atoms with Crippen LogP contribution >= 0.6 is 11.3 Å². The second kappa shape index (κ2) is 18.2. The number of thiophene rings is 1. The van der Waals surface area contributed by atoms with E-state index in [1.165, 1.54) is 22.8 Å². The van der Waals surface area contributed by atoms with E-state index in [4.69, 9.17) is 4.11 Å². The lowest BCUT2D eigenvalue weighted by Gasteiger charge is -2.48. The predicted molar refractivity (Wildman–Crippen MR) is 266 cm³/mol. The van der Waals surface area contributed by atoms with Gasteiger partial charge >= 0.3 is 0 Å². The number of piperidine rings is 2. The van der Waals surface area contributed by atoms with Crippen LogP contribution in [0.25, 0.3) is 11.1 Å². The number of anilines is 5. The minimum atomic E-state index is -2.83. The van der Waals surface area contributed by atoms with E-state index in [-0.39, 0.29) is 47.6 Å². The maximum absolute atomic E-state index is 14.1. The van der Waals surface area contributed by atoms with Crippen molar-refractivity contribution in [2.75, 3.05) is 52.7 Å². The van der Waals surface area contributed by atoms with Crippen LogP contribution in [-0.4, -0.2) is 116 Å². The highest BCUT2D eigenvalue weighted by Crippen LogP contribution is 2.41. The van der Waals surface area contributed by atoms with Gasteiger partial charge in [-0.1, -0.05) is 0 Å². The van der Waals surface area contributed by atoms with E-state index in [1.807, 2.05) is 12.1 Å². The van der Waals surface area contributed by atoms with E-state index in [2.05, 4.69) is 49.1 Å². The van der Waals surface area contributed by atoms with Gasteiger partial charge in [0.25, 0.3) is 23.3 Å². The van der Waals surface area contributed by atoms with Crippen LogP contribution in [-0.2, 0) is 42.4 Å². The number of hydrogen-bond acceptors (Lipinski definition) is 14. The molecule has 18 heteroatoms. The van der Waals surface area contributed by atoms with Crippen LogP contribution in [0.5, 0.6) is 0 Å². The maximum Gasteiger partial charge on any atom is 0.274 e. The molecule has 5 aliphatic heterocycles. The number of nitrogens with one attached hydrogen (secondary N) is 2. The number of aliphatic hydroxyl groups excluding tert-OH is 1. The van der Waals surface area contributed by atoms with Crippen LogP contribution in [0, 0.1) is 0 Å². The summed E-state index contributed by atoms with van der Waals surface area (Å²) in [5.41, 5.74) is 5.02. The summed E-state index contributed by atoms with van der Waals surface area (Å²) in [6, 6.07) is 11.8. The highest BCUT2D eigenvalue weighted by molar-refractivity contribution is 7.14. The van der Waals surface area contributed by atoms with Gasteiger partial charge in [0.2, 0.25) is 11.8 Å². The number of carbonyl (C=O) groups excluding carboxylic acids is 5. The summed E-state index contributed by atoms with van der Waals surface area (Å²) in [5, 5.41) is 16.2. The molecule has 3 saturated heterocycles. The largest absolute Gasteiger partial charge is 0.392 e. The van der Waals surface area contributed by atoms with Crippen molar-refractivity contribution in [1.82, 2.24) is 29.7 Å². The van der Waals surface area contributed by atoms with E-state index in [1.54, 1.807) is 52.8 Å². The maximum atomic E-state index is 14.1. The zero-order valence-corrected chi connectivity index (χ0v) is 39.9. The first-order valence-corrected chi connectivity index (χ1v) is 25.1. The van der Waals surface area contributed by atoms with Gasteiger partial charge in [-0.05, 0) is 124 Å². The summed E-state index contributed by atoms with van der Waals surface area (Å²) in [4.78, 5) is 100.0. The summed E-state index contributed by atoms with van der Waals surface area (Å²) < 4.78 is 25.5. The number of rotatable bonds is 9. The first-order valence-electron chi connectivity index (χ1n) is 25.8. The number of benzene rings is 1. The monoisotopic (exact) mass is 967 g/mol. The molecule has 1 aromatic carbocycles. The Balaban J connectivity index is 0.752. The molecule has 1 aliphatic carbocycles. The van der Waals surface area contributed by atoms with Crippen molar-refractivity contribution in [3.8, 4) is 11.1 Å². The molecule has 17 nitrogen and oxygen atoms in total. The summed E-state index contributed by atoms with van der Waals surface area (Å²) in [7, 11) is 0. The first-order chi connectivity index (χ1) is 35.1. The number of fused-ring (bicyclic) bond motifs is 4. The van der Waals surface area contributed by atoms with E-state index in [9.17, 15) is 33.9 Å². The molecule has 0 bridgehead atoms. The molecule has 0 radical (unpaired) electrons. The number of carbonyl (C=O) groups is 5. The molecule has 70 heavy (non-hydrogen) atoms. The molecule has 362 valence electrons. The van der Waals surface area contributed by atoms with Gasteiger partial charge in [0.15, 0.2) is 0 Å².